The summed E-state index contributed by atoms with van der Waals surface area (Å²) in [5.41, 5.74) is 5.06. The Morgan fingerprint density at radius 1 is 1.50 bits per heavy atom. The van der Waals surface area contributed by atoms with Gasteiger partial charge in [0.2, 0.25) is 12.3 Å². The Balaban J connectivity index is 2.60. The van der Waals surface area contributed by atoms with Crippen LogP contribution in [-0.4, -0.2) is 21.4 Å². The van der Waals surface area contributed by atoms with E-state index in [1.807, 2.05) is 0 Å². The van der Waals surface area contributed by atoms with Gasteiger partial charge in [0, 0.05) is 0 Å². The van der Waals surface area contributed by atoms with E-state index >= 15 is 0 Å². The molecule has 7 heteroatoms. The molecule has 0 saturated heterocycles. The lowest BCUT2D eigenvalue weighted by atomic mass is 10.5. The van der Waals surface area contributed by atoms with E-state index in [1.54, 1.807) is 0 Å². The van der Waals surface area contributed by atoms with Gasteiger partial charge in [0.15, 0.2) is 5.82 Å². The normalized spacial score (nSPS) is 19.6. The summed E-state index contributed by atoms with van der Waals surface area (Å²) in [5.74, 6) is 0.283. The lowest BCUT2D eigenvalue weighted by Crippen LogP contribution is -2.21. The zero-order valence-electron chi connectivity index (χ0n) is 5.96. The fourth-order valence-electron chi connectivity index (χ4n) is 1.03. The highest BCUT2D eigenvalue weighted by molar-refractivity contribution is 5.69. The van der Waals surface area contributed by atoms with Gasteiger partial charge in [-0.25, -0.2) is 0 Å². The molecular formula is C5H7N5O2. The predicted octanol–water partition coefficient (Wildman–Crippen LogP) is -1.53. The second kappa shape index (κ2) is 2.11. The summed E-state index contributed by atoms with van der Waals surface area (Å²) in [4.78, 5) is 17.1. The number of nitrogen functional groups attached to an aromatic ring is 1. The summed E-state index contributed by atoms with van der Waals surface area (Å²) in [6.45, 7) is 0. The van der Waals surface area contributed by atoms with Crippen LogP contribution in [0.25, 0.3) is 0 Å². The largest absolute Gasteiger partial charge is 0.369 e. The van der Waals surface area contributed by atoms with Crippen molar-refractivity contribution in [1.82, 2.24) is 9.97 Å². The number of hydrogen-bond acceptors (Lipinski definition) is 6. The van der Waals surface area contributed by atoms with Crippen LogP contribution < -0.4 is 21.9 Å². The highest BCUT2D eigenvalue weighted by Gasteiger charge is 2.21. The van der Waals surface area contributed by atoms with Crippen LogP contribution in [0.1, 0.15) is 0 Å². The highest BCUT2D eigenvalue weighted by atomic mass is 16.3. The molecular weight excluding hydrogens is 162 g/mol. The summed E-state index contributed by atoms with van der Waals surface area (Å²) in [7, 11) is 0. The number of aliphatic hydroxyl groups is 1. The first-order valence-corrected chi connectivity index (χ1v) is 3.28. The van der Waals surface area contributed by atoms with E-state index < -0.39 is 11.9 Å². The Kier molecular flexibility index (Phi) is 1.22. The van der Waals surface area contributed by atoms with Gasteiger partial charge in [0.1, 0.15) is 5.69 Å². The number of rotatable bonds is 0. The van der Waals surface area contributed by atoms with Crippen LogP contribution >= 0.6 is 0 Å². The van der Waals surface area contributed by atoms with E-state index in [0.717, 1.165) is 0 Å². The van der Waals surface area contributed by atoms with Crippen LogP contribution in [0.2, 0.25) is 0 Å². The number of anilines is 3. The van der Waals surface area contributed by atoms with Crippen molar-refractivity contribution >= 4 is 17.5 Å². The maximum atomic E-state index is 11.1. The van der Waals surface area contributed by atoms with Gasteiger partial charge < -0.3 is 21.5 Å². The molecule has 12 heavy (non-hydrogen) atoms. The molecule has 7 nitrogen and oxygen atoms in total. The topological polar surface area (TPSA) is 116 Å². The van der Waals surface area contributed by atoms with Crippen molar-refractivity contribution in [1.29, 1.82) is 0 Å². The van der Waals surface area contributed by atoms with Crippen LogP contribution in [-0.2, 0) is 0 Å². The fraction of sp³-hybridized carbons (Fsp3) is 0.200. The first kappa shape index (κ1) is 6.92. The Labute approximate surface area is 66.6 Å². The Bertz CT molecular complexity index is 373. The summed E-state index contributed by atoms with van der Waals surface area (Å²) >= 11 is 0. The van der Waals surface area contributed by atoms with Crippen molar-refractivity contribution < 1.29 is 5.11 Å². The molecule has 0 aliphatic carbocycles. The molecule has 6 N–H and O–H groups in total. The molecule has 1 aliphatic rings. The number of H-pyrrole nitrogens is 1. The van der Waals surface area contributed by atoms with Gasteiger partial charge >= 0.3 is 0 Å². The molecule has 0 aromatic carbocycles. The monoisotopic (exact) mass is 169 g/mol. The number of nitrogens with one attached hydrogen (secondary N) is 3. The number of nitrogens with zero attached hydrogens (tertiary/aromatic N) is 1. The molecule has 2 rings (SSSR count). The average Bonchev–Trinajstić information content (AvgIpc) is 2.29. The van der Waals surface area contributed by atoms with E-state index in [1.165, 1.54) is 0 Å². The predicted molar refractivity (Wildman–Crippen MR) is 42.5 cm³/mol. The number of aliphatic hydroxyl groups excluding tert-OH is 1. The third-order valence-corrected chi connectivity index (χ3v) is 1.49. The summed E-state index contributed by atoms with van der Waals surface area (Å²) < 4.78 is 0. The average molecular weight is 169 g/mol. The van der Waals surface area contributed by atoms with E-state index in [-0.39, 0.29) is 17.5 Å². The van der Waals surface area contributed by atoms with Crippen LogP contribution in [0.5, 0.6) is 0 Å². The second-order valence-electron chi connectivity index (χ2n) is 2.37. The van der Waals surface area contributed by atoms with Crippen molar-refractivity contribution in [2.24, 2.45) is 0 Å². The van der Waals surface area contributed by atoms with Gasteiger partial charge in [-0.1, -0.05) is 0 Å². The van der Waals surface area contributed by atoms with E-state index in [0.29, 0.717) is 0 Å². The zero-order chi connectivity index (χ0) is 8.72. The molecule has 0 amide bonds. The number of aromatic amines is 1. The maximum Gasteiger partial charge on any atom is 0.278 e. The first-order valence-electron chi connectivity index (χ1n) is 3.28. The molecule has 1 atom stereocenters. The lowest BCUT2D eigenvalue weighted by Gasteiger charge is -1.99. The van der Waals surface area contributed by atoms with Gasteiger partial charge in [0.05, 0.1) is 0 Å². The van der Waals surface area contributed by atoms with Crippen LogP contribution in [0.15, 0.2) is 4.79 Å². The molecule has 0 fully saturated rings. The molecule has 1 aliphatic heterocycles. The van der Waals surface area contributed by atoms with Crippen molar-refractivity contribution in [3.63, 3.8) is 0 Å². The minimum atomic E-state index is -0.976. The third-order valence-electron chi connectivity index (χ3n) is 1.49. The molecule has 0 spiro atoms. The van der Waals surface area contributed by atoms with Gasteiger partial charge in [-0.3, -0.25) is 9.78 Å². The number of fused-ring (bicyclic) bond motifs is 1. The SMILES string of the molecule is Nc1nc2c(c(=O)[nH]1)N[C@@H](O)N2. The van der Waals surface area contributed by atoms with Crippen LogP contribution in [0.4, 0.5) is 17.5 Å². The molecule has 0 saturated carbocycles. The van der Waals surface area contributed by atoms with Gasteiger partial charge in [-0.15, -0.1) is 0 Å². The quantitative estimate of drug-likeness (QED) is 0.321. The first-order chi connectivity index (χ1) is 5.66. The molecule has 1 aromatic heterocycles. The van der Waals surface area contributed by atoms with E-state index in [2.05, 4.69) is 20.6 Å². The Hall–Kier alpha value is -1.76. The molecule has 0 unspecified atom stereocenters. The molecule has 1 aromatic rings. The highest BCUT2D eigenvalue weighted by Crippen LogP contribution is 2.20. The van der Waals surface area contributed by atoms with E-state index in [9.17, 15) is 4.79 Å². The van der Waals surface area contributed by atoms with Gasteiger partial charge in [0.25, 0.3) is 5.56 Å². The minimum absolute atomic E-state index is 0.0159. The second-order valence-corrected chi connectivity index (χ2v) is 2.37. The van der Waals surface area contributed by atoms with Gasteiger partial charge in [-0.2, -0.15) is 4.98 Å². The Morgan fingerprint density at radius 2 is 2.25 bits per heavy atom. The number of hydrogen-bond donors (Lipinski definition) is 5. The third kappa shape index (κ3) is 0.873. The smallest absolute Gasteiger partial charge is 0.278 e. The molecule has 0 bridgehead atoms. The van der Waals surface area contributed by atoms with Crippen LogP contribution in [0.3, 0.4) is 0 Å². The van der Waals surface area contributed by atoms with Crippen molar-refractivity contribution in [3.8, 4) is 0 Å². The number of nitrogens with two attached hydrogens (primary N) is 1. The number of aromatic nitrogens is 2. The van der Waals surface area contributed by atoms with Crippen molar-refractivity contribution in [2.75, 3.05) is 16.4 Å². The summed E-state index contributed by atoms with van der Waals surface area (Å²) in [6.07, 6.45) is -0.976. The molecule has 0 radical (unpaired) electrons. The lowest BCUT2D eigenvalue weighted by molar-refractivity contribution is 0.238. The molecule has 2 heterocycles. The fourth-order valence-corrected chi connectivity index (χ4v) is 1.03. The summed E-state index contributed by atoms with van der Waals surface area (Å²) in [6, 6.07) is 0. The van der Waals surface area contributed by atoms with Crippen molar-refractivity contribution in [3.05, 3.63) is 10.4 Å². The van der Waals surface area contributed by atoms with Crippen molar-refractivity contribution in [2.45, 2.75) is 6.35 Å². The Morgan fingerprint density at radius 3 is 3.00 bits per heavy atom. The van der Waals surface area contributed by atoms with Crippen LogP contribution in [0, 0.1) is 0 Å². The summed E-state index contributed by atoms with van der Waals surface area (Å²) in [5, 5.41) is 14.0. The van der Waals surface area contributed by atoms with E-state index in [4.69, 9.17) is 10.8 Å². The molecule has 64 valence electrons. The minimum Gasteiger partial charge on any atom is -0.369 e. The van der Waals surface area contributed by atoms with Gasteiger partial charge in [-0.05, 0) is 0 Å². The maximum absolute atomic E-state index is 11.1. The standard InChI is InChI=1S/C5H7N5O2/c6-4-8-2-1(3(11)10-4)7-5(12)9-2/h5,7,12H,(H4,6,8,9,10,11)/t5-/m1/s1. The zero-order valence-corrected chi connectivity index (χ0v) is 5.96.